The third-order valence-electron chi connectivity index (χ3n) is 0. The second-order valence-electron chi connectivity index (χ2n) is 0.346. The second-order valence-corrected chi connectivity index (χ2v) is 0.346. The second kappa shape index (κ2) is 10.5. The van der Waals surface area contributed by atoms with Crippen molar-refractivity contribution in [3.8, 4) is 0 Å². The molecule has 0 rings (SSSR count). The molecule has 0 aromatic heterocycles. The number of hydrogen-bond donors (Lipinski definition) is 3. The van der Waals surface area contributed by atoms with Gasteiger partial charge in [-0.05, 0) is 0 Å². The summed E-state index contributed by atoms with van der Waals surface area (Å²) in [5.41, 5.74) is 0. The Hall–Kier alpha value is 2.53. The van der Waals surface area contributed by atoms with Gasteiger partial charge in [-0.15, -0.1) is 0 Å². The van der Waals surface area contributed by atoms with Crippen LogP contribution in [0.3, 0.4) is 0 Å². The average Bonchev–Trinajstić information content (AvgIpc) is 0.811. The van der Waals surface area contributed by atoms with Crippen LogP contribution in [-0.2, 0) is 32.7 Å². The fraction of sp³-hybridized carbons (Fsp3) is 0. The van der Waals surface area contributed by atoms with Crippen LogP contribution in [0.2, 0.25) is 0 Å². The normalized spacial score (nSPS) is 4.50. The Labute approximate surface area is 101 Å². The summed E-state index contributed by atoms with van der Waals surface area (Å²) in [6.07, 6.45) is 0. The third kappa shape index (κ3) is 31.2. The summed E-state index contributed by atoms with van der Waals surface area (Å²) in [7, 11) is -2.17. The molecular formula is H5BO3SrY. The van der Waals surface area contributed by atoms with Crippen molar-refractivity contribution >= 4 is 52.8 Å². The van der Waals surface area contributed by atoms with Gasteiger partial charge in [-0.3, -0.25) is 0 Å². The van der Waals surface area contributed by atoms with Gasteiger partial charge in [0, 0.05) is 32.7 Å². The molecule has 3 N–H and O–H groups in total. The molecule has 0 aromatic rings. The predicted octanol–water partition coefficient (Wildman–Crippen LogP) is -2.21. The van der Waals surface area contributed by atoms with Crippen molar-refractivity contribution in [1.29, 1.82) is 0 Å². The Balaban J connectivity index is -0.00000000750. The van der Waals surface area contributed by atoms with Crippen LogP contribution in [0.4, 0.5) is 0 Å². The van der Waals surface area contributed by atoms with Crippen molar-refractivity contribution in [3.05, 3.63) is 0 Å². The van der Waals surface area contributed by atoms with E-state index < -0.39 is 7.32 Å². The summed E-state index contributed by atoms with van der Waals surface area (Å²) in [4.78, 5) is 0. The van der Waals surface area contributed by atoms with E-state index in [0.29, 0.717) is 0 Å². The monoisotopic (exact) mass is 241 g/mol. The minimum absolute atomic E-state index is 0. The van der Waals surface area contributed by atoms with Gasteiger partial charge in [0.2, 0.25) is 0 Å². The van der Waals surface area contributed by atoms with Crippen LogP contribution in [-0.4, -0.2) is 67.9 Å². The van der Waals surface area contributed by atoms with Crippen LogP contribution in [0.25, 0.3) is 0 Å². The molecule has 0 saturated heterocycles. The number of rotatable bonds is 0. The summed E-state index contributed by atoms with van der Waals surface area (Å²) in [5, 5.41) is 21.5. The molecule has 0 spiro atoms. The van der Waals surface area contributed by atoms with Gasteiger partial charge in [0.1, 0.15) is 0 Å². The SMILES string of the molecule is OB(O)O.[H-].[H-].[Sr+2].[Y]. The zero-order valence-electron chi connectivity index (χ0n) is 5.20. The minimum Gasteiger partial charge on any atom is -1.00 e. The molecule has 0 aliphatic heterocycles. The fourth-order valence-corrected chi connectivity index (χ4v) is 0. The molecule has 0 saturated carbocycles. The van der Waals surface area contributed by atoms with E-state index in [1.807, 2.05) is 0 Å². The van der Waals surface area contributed by atoms with Gasteiger partial charge in [0.15, 0.2) is 0 Å². The fourth-order valence-electron chi connectivity index (χ4n) is 0. The van der Waals surface area contributed by atoms with Gasteiger partial charge in [-0.2, -0.15) is 0 Å². The summed E-state index contributed by atoms with van der Waals surface area (Å²) in [6, 6.07) is 0. The predicted molar refractivity (Wildman–Crippen MR) is 20.4 cm³/mol. The first-order valence-electron chi connectivity index (χ1n) is 0.775. The van der Waals surface area contributed by atoms with Crippen LogP contribution in [0.15, 0.2) is 0 Å². The molecule has 6 heteroatoms. The van der Waals surface area contributed by atoms with Crippen molar-refractivity contribution in [2.45, 2.75) is 0 Å². The van der Waals surface area contributed by atoms with Crippen molar-refractivity contribution in [3.63, 3.8) is 0 Å². The first kappa shape index (κ1) is 15.8. The van der Waals surface area contributed by atoms with Gasteiger partial charge in [-0.25, -0.2) is 0 Å². The molecule has 0 fully saturated rings. The molecule has 0 aromatic carbocycles. The maximum absolute atomic E-state index is 7.17. The molecule has 0 heterocycles. The van der Waals surface area contributed by atoms with Crippen molar-refractivity contribution in [2.75, 3.05) is 0 Å². The van der Waals surface area contributed by atoms with Gasteiger partial charge in [-0.1, -0.05) is 0 Å². The summed E-state index contributed by atoms with van der Waals surface area (Å²) in [6.45, 7) is 0. The van der Waals surface area contributed by atoms with E-state index in [1.54, 1.807) is 0 Å². The molecule has 0 aliphatic rings. The smallest absolute Gasteiger partial charge is 1.00 e. The van der Waals surface area contributed by atoms with E-state index in [2.05, 4.69) is 0 Å². The van der Waals surface area contributed by atoms with Crippen molar-refractivity contribution in [2.24, 2.45) is 0 Å². The summed E-state index contributed by atoms with van der Waals surface area (Å²) >= 11 is 0. The minimum atomic E-state index is -2.17. The third-order valence-corrected chi connectivity index (χ3v) is 0. The largest absolute Gasteiger partial charge is 2.00 e. The van der Waals surface area contributed by atoms with Crippen LogP contribution in [0.1, 0.15) is 2.85 Å². The molecule has 31 valence electrons. The van der Waals surface area contributed by atoms with Crippen LogP contribution in [0, 0.1) is 0 Å². The molecular weight excluding hydrogens is 235 g/mol. The molecule has 0 unspecified atom stereocenters. The van der Waals surface area contributed by atoms with Gasteiger partial charge in [0.25, 0.3) is 0 Å². The maximum Gasteiger partial charge on any atom is 2.00 e. The van der Waals surface area contributed by atoms with E-state index in [4.69, 9.17) is 15.1 Å². The molecule has 6 heavy (non-hydrogen) atoms. The number of hydrogen-bond acceptors (Lipinski definition) is 3. The van der Waals surface area contributed by atoms with E-state index in [0.717, 1.165) is 0 Å². The first-order chi connectivity index (χ1) is 1.73. The average molecular weight is 240 g/mol. The Bertz CT molecular complexity index is 22.0. The quantitative estimate of drug-likeness (QED) is 0.421. The van der Waals surface area contributed by atoms with E-state index >= 15 is 0 Å². The van der Waals surface area contributed by atoms with Crippen LogP contribution < -0.4 is 0 Å². The van der Waals surface area contributed by atoms with Crippen molar-refractivity contribution in [1.82, 2.24) is 0 Å². The topological polar surface area (TPSA) is 60.7 Å². The van der Waals surface area contributed by atoms with Crippen LogP contribution >= 0.6 is 0 Å². The Morgan fingerprint density at radius 1 is 1.17 bits per heavy atom. The Kier molecular flexibility index (Phi) is 27.7. The van der Waals surface area contributed by atoms with Crippen molar-refractivity contribution < 1.29 is 50.6 Å². The standard InChI is InChI=1S/BH3O3.Sr.Y.2H/c2-1(3)4;;;;/h2-4H;;;;/q;+2;;2*-1. The summed E-state index contributed by atoms with van der Waals surface area (Å²) < 4.78 is 0. The molecule has 0 aliphatic carbocycles. The van der Waals surface area contributed by atoms with E-state index in [1.165, 1.54) is 0 Å². The molecule has 0 atom stereocenters. The zero-order valence-corrected chi connectivity index (χ0v) is 9.52. The Morgan fingerprint density at radius 3 is 1.17 bits per heavy atom. The van der Waals surface area contributed by atoms with E-state index in [9.17, 15) is 0 Å². The maximum atomic E-state index is 7.17. The summed E-state index contributed by atoms with van der Waals surface area (Å²) in [5.74, 6) is 0. The Morgan fingerprint density at radius 2 is 1.17 bits per heavy atom. The van der Waals surface area contributed by atoms with Gasteiger partial charge >= 0.3 is 52.8 Å². The molecule has 3 nitrogen and oxygen atoms in total. The van der Waals surface area contributed by atoms with Crippen LogP contribution in [0.5, 0.6) is 0 Å². The first-order valence-corrected chi connectivity index (χ1v) is 0.775. The van der Waals surface area contributed by atoms with Gasteiger partial charge in [0.05, 0.1) is 0 Å². The van der Waals surface area contributed by atoms with E-state index in [-0.39, 0.29) is 81.0 Å². The van der Waals surface area contributed by atoms with Gasteiger partial charge < -0.3 is 17.9 Å². The molecule has 0 bridgehead atoms. The molecule has 1 radical (unpaired) electrons. The molecule has 0 amide bonds. The zero-order chi connectivity index (χ0) is 3.58.